The van der Waals surface area contributed by atoms with Gasteiger partial charge in [0.15, 0.2) is 0 Å². The van der Waals surface area contributed by atoms with Gasteiger partial charge in [0.2, 0.25) is 0 Å². The molecule has 1 heterocycles. The first kappa shape index (κ1) is 29.6. The lowest BCUT2D eigenvalue weighted by molar-refractivity contribution is -0.142. The van der Waals surface area contributed by atoms with Crippen molar-refractivity contribution >= 4 is 28.3 Å². The van der Waals surface area contributed by atoms with Crippen molar-refractivity contribution in [3.8, 4) is 16.9 Å². The first-order valence-corrected chi connectivity index (χ1v) is 14.2. The zero-order chi connectivity index (χ0) is 28.9. The molecular formula is C31H33F2NO5S. The Kier molecular flexibility index (Phi) is 9.50. The highest BCUT2D eigenvalue weighted by Crippen LogP contribution is 2.36. The van der Waals surface area contributed by atoms with Crippen LogP contribution in [0.3, 0.4) is 0 Å². The minimum Gasteiger partial charge on any atom is -0.598 e. The average molecular weight is 570 g/mol. The summed E-state index contributed by atoms with van der Waals surface area (Å²) in [6, 6.07) is 16.3. The first-order valence-electron chi connectivity index (χ1n) is 13.0. The van der Waals surface area contributed by atoms with Gasteiger partial charge < -0.3 is 18.4 Å². The summed E-state index contributed by atoms with van der Waals surface area (Å²) in [7, 11) is 0. The number of ether oxygens (including phenoxy) is 2. The monoisotopic (exact) mass is 569 g/mol. The highest BCUT2D eigenvalue weighted by atomic mass is 32.2. The van der Waals surface area contributed by atoms with Crippen LogP contribution in [0.25, 0.3) is 22.1 Å². The van der Waals surface area contributed by atoms with E-state index in [1.54, 1.807) is 64.1 Å². The molecule has 0 amide bonds. The molecular weight excluding hydrogens is 536 g/mol. The summed E-state index contributed by atoms with van der Waals surface area (Å²) >= 11 is -1.60. The maximum Gasteiger partial charge on any atom is 0.310 e. The minimum absolute atomic E-state index is 0.0758. The Balaban J connectivity index is 1.65. The number of alkyl halides is 1. The highest BCUT2D eigenvalue weighted by Gasteiger charge is 2.31. The van der Waals surface area contributed by atoms with E-state index in [9.17, 15) is 13.7 Å². The molecule has 1 aromatic heterocycles. The number of carbonyl (C=O) groups excluding carboxylic acids is 1. The summed E-state index contributed by atoms with van der Waals surface area (Å²) in [5.41, 5.74) is 2.70. The van der Waals surface area contributed by atoms with Gasteiger partial charge in [-0.1, -0.05) is 36.4 Å². The summed E-state index contributed by atoms with van der Waals surface area (Å²) < 4.78 is 61.6. The van der Waals surface area contributed by atoms with Gasteiger partial charge in [0.1, 0.15) is 41.2 Å². The average Bonchev–Trinajstić information content (AvgIpc) is 3.39. The van der Waals surface area contributed by atoms with Gasteiger partial charge in [-0.2, -0.15) is 0 Å². The molecule has 4 rings (SSSR count). The van der Waals surface area contributed by atoms with Crippen LogP contribution < -0.4 is 9.46 Å². The van der Waals surface area contributed by atoms with Crippen molar-refractivity contribution in [1.29, 1.82) is 0 Å². The van der Waals surface area contributed by atoms with Gasteiger partial charge in [-0.05, 0) is 57.5 Å². The maximum absolute atomic E-state index is 16.0. The van der Waals surface area contributed by atoms with Crippen molar-refractivity contribution in [2.24, 2.45) is 0 Å². The van der Waals surface area contributed by atoms with E-state index < -0.39 is 34.6 Å². The third-order valence-electron chi connectivity index (χ3n) is 6.27. The van der Waals surface area contributed by atoms with E-state index in [4.69, 9.17) is 13.9 Å². The van der Waals surface area contributed by atoms with Crippen LogP contribution in [-0.2, 0) is 33.9 Å². The Bertz CT molecular complexity index is 1470. The Morgan fingerprint density at radius 3 is 2.60 bits per heavy atom. The van der Waals surface area contributed by atoms with Gasteiger partial charge >= 0.3 is 5.97 Å². The number of hydrogen-bond donors (Lipinski definition) is 1. The highest BCUT2D eigenvalue weighted by molar-refractivity contribution is 7.90. The molecule has 3 aromatic carbocycles. The predicted octanol–water partition coefficient (Wildman–Crippen LogP) is 6.99. The second-order valence-corrected chi connectivity index (χ2v) is 12.3. The molecule has 1 unspecified atom stereocenters. The zero-order valence-electron chi connectivity index (χ0n) is 23.0. The number of halogens is 2. The molecule has 0 aliphatic rings. The van der Waals surface area contributed by atoms with Crippen LogP contribution in [0, 0.1) is 5.82 Å². The number of benzene rings is 3. The summed E-state index contributed by atoms with van der Waals surface area (Å²) in [6.07, 6.45) is 1.60. The number of para-hydroxylation sites is 1. The number of hydrogen-bond acceptors (Lipinski definition) is 6. The molecule has 0 radical (unpaired) electrons. The van der Waals surface area contributed by atoms with Crippen molar-refractivity contribution in [2.45, 2.75) is 51.5 Å². The standard InChI is InChI=1S/C31H33F2NO5S/c1-5-37-28(35)17-21-9-6-7-12-27(21)39-19-20-15-22-13-14-38-30(22)25(16-20)23-10-8-11-24(29(23)33)26(18-32)34-40(36)31(2,3)4/h6-16,26,34H,5,17-19H2,1-4H3/t26-,40?/m1/s1. The van der Waals surface area contributed by atoms with Crippen LogP contribution in [-0.4, -0.2) is 28.6 Å². The van der Waals surface area contributed by atoms with Crippen LogP contribution in [0.2, 0.25) is 0 Å². The van der Waals surface area contributed by atoms with E-state index in [0.29, 0.717) is 29.1 Å². The van der Waals surface area contributed by atoms with E-state index in [2.05, 4.69) is 4.72 Å². The Morgan fingerprint density at radius 1 is 1.10 bits per heavy atom. The second kappa shape index (κ2) is 12.8. The molecule has 212 valence electrons. The minimum atomic E-state index is -1.60. The molecule has 0 aliphatic carbocycles. The smallest absolute Gasteiger partial charge is 0.310 e. The normalized spacial score (nSPS) is 13.3. The van der Waals surface area contributed by atoms with Crippen molar-refractivity contribution in [3.05, 3.63) is 89.4 Å². The molecule has 0 aliphatic heterocycles. The van der Waals surface area contributed by atoms with Gasteiger partial charge in [0, 0.05) is 39.0 Å². The maximum atomic E-state index is 16.0. The molecule has 6 nitrogen and oxygen atoms in total. The lowest BCUT2D eigenvalue weighted by atomic mass is 9.96. The van der Waals surface area contributed by atoms with Crippen LogP contribution in [0.4, 0.5) is 8.78 Å². The van der Waals surface area contributed by atoms with Crippen LogP contribution in [0.1, 0.15) is 50.4 Å². The van der Waals surface area contributed by atoms with Crippen molar-refractivity contribution in [2.75, 3.05) is 13.3 Å². The predicted molar refractivity (Wildman–Crippen MR) is 152 cm³/mol. The van der Waals surface area contributed by atoms with Gasteiger partial charge in [0.25, 0.3) is 0 Å². The summed E-state index contributed by atoms with van der Waals surface area (Å²) in [4.78, 5) is 12.0. The van der Waals surface area contributed by atoms with Crippen LogP contribution in [0.5, 0.6) is 5.75 Å². The molecule has 0 fully saturated rings. The zero-order valence-corrected chi connectivity index (χ0v) is 23.8. The number of furan rings is 1. The van der Waals surface area contributed by atoms with Crippen molar-refractivity contribution in [1.82, 2.24) is 4.72 Å². The lowest BCUT2D eigenvalue weighted by Crippen LogP contribution is -2.42. The molecule has 4 aromatic rings. The molecule has 2 atom stereocenters. The van der Waals surface area contributed by atoms with Crippen molar-refractivity contribution in [3.63, 3.8) is 0 Å². The van der Waals surface area contributed by atoms with Gasteiger partial charge in [-0.3, -0.25) is 4.79 Å². The lowest BCUT2D eigenvalue weighted by Gasteiger charge is -2.27. The van der Waals surface area contributed by atoms with E-state index in [1.165, 1.54) is 12.3 Å². The third kappa shape index (κ3) is 6.83. The molecule has 1 N–H and O–H groups in total. The second-order valence-electron chi connectivity index (χ2n) is 10.3. The Morgan fingerprint density at radius 2 is 1.88 bits per heavy atom. The number of carbonyl (C=O) groups is 1. The van der Waals surface area contributed by atoms with E-state index in [-0.39, 0.29) is 30.1 Å². The molecule has 0 spiro atoms. The fraction of sp³-hybridized carbons (Fsp3) is 0.323. The molecule has 0 bridgehead atoms. The Labute approximate surface area is 236 Å². The van der Waals surface area contributed by atoms with Crippen LogP contribution >= 0.6 is 0 Å². The van der Waals surface area contributed by atoms with E-state index in [0.717, 1.165) is 10.9 Å². The summed E-state index contributed by atoms with van der Waals surface area (Å²) in [6.45, 7) is 6.54. The molecule has 40 heavy (non-hydrogen) atoms. The number of nitrogens with one attached hydrogen (secondary N) is 1. The fourth-order valence-electron chi connectivity index (χ4n) is 4.26. The summed E-state index contributed by atoms with van der Waals surface area (Å²) in [5.74, 6) is -0.427. The SMILES string of the molecule is CCOC(=O)Cc1ccccc1OCc1cc(-c2cccc([C@@H](CF)N[S+]([O-])C(C)(C)C)c2F)c2occc2c1. The largest absolute Gasteiger partial charge is 0.598 e. The number of rotatable bonds is 11. The summed E-state index contributed by atoms with van der Waals surface area (Å²) in [5, 5.41) is 0.745. The van der Waals surface area contributed by atoms with Crippen LogP contribution in [0.15, 0.2) is 71.3 Å². The van der Waals surface area contributed by atoms with Crippen molar-refractivity contribution < 1.29 is 32.0 Å². The van der Waals surface area contributed by atoms with Gasteiger partial charge in [-0.25, -0.2) is 8.78 Å². The number of esters is 1. The third-order valence-corrected chi connectivity index (χ3v) is 7.88. The molecule has 0 saturated heterocycles. The first-order chi connectivity index (χ1) is 19.1. The van der Waals surface area contributed by atoms with E-state index >= 15 is 4.39 Å². The Hall–Kier alpha value is -3.40. The molecule has 0 saturated carbocycles. The quantitative estimate of drug-likeness (QED) is 0.155. The van der Waals surface area contributed by atoms with Gasteiger partial charge in [0.05, 0.1) is 19.3 Å². The fourth-order valence-corrected chi connectivity index (χ4v) is 5.06. The molecule has 9 heteroatoms. The number of fused-ring (bicyclic) bond motifs is 1. The topological polar surface area (TPSA) is 83.8 Å². The van der Waals surface area contributed by atoms with Gasteiger partial charge in [-0.15, -0.1) is 4.72 Å². The van der Waals surface area contributed by atoms with E-state index in [1.807, 2.05) is 18.2 Å².